The minimum absolute atomic E-state index is 0.204. The van der Waals surface area contributed by atoms with Gasteiger partial charge in [0.1, 0.15) is 5.82 Å². The third kappa shape index (κ3) is 3.30. The first-order valence-corrected chi connectivity index (χ1v) is 5.74. The molecule has 3 nitrogen and oxygen atoms in total. The monoisotopic (exact) mass is 274 g/mol. The Morgan fingerprint density at radius 1 is 1.21 bits per heavy atom. The highest BCUT2D eigenvalue weighted by molar-refractivity contribution is 6.31. The van der Waals surface area contributed by atoms with Gasteiger partial charge in [-0.15, -0.1) is 0 Å². The number of hydrogen-bond acceptors (Lipinski definition) is 2. The molecule has 0 saturated carbocycles. The van der Waals surface area contributed by atoms with E-state index in [4.69, 9.17) is 16.9 Å². The molecule has 0 fully saturated rings. The number of nitrogens with one attached hydrogen (secondary N) is 1. The van der Waals surface area contributed by atoms with E-state index in [0.29, 0.717) is 11.1 Å². The van der Waals surface area contributed by atoms with E-state index in [1.807, 2.05) is 6.07 Å². The molecule has 0 aliphatic heterocycles. The van der Waals surface area contributed by atoms with Crippen LogP contribution in [0.15, 0.2) is 42.5 Å². The maximum atomic E-state index is 13.1. The van der Waals surface area contributed by atoms with Crippen molar-refractivity contribution in [2.45, 2.75) is 0 Å². The van der Waals surface area contributed by atoms with Gasteiger partial charge in [0.15, 0.2) is 0 Å². The summed E-state index contributed by atoms with van der Waals surface area (Å²) in [6.07, 6.45) is 0. The number of amides is 1. The first-order valence-electron chi connectivity index (χ1n) is 5.36. The molecule has 0 radical (unpaired) electrons. The lowest BCUT2D eigenvalue weighted by Crippen LogP contribution is -2.11. The molecule has 1 amide bonds. The quantitative estimate of drug-likeness (QED) is 0.909. The molecule has 2 aromatic carbocycles. The van der Waals surface area contributed by atoms with Crippen LogP contribution in [0.5, 0.6) is 0 Å². The third-order valence-electron chi connectivity index (χ3n) is 2.40. The van der Waals surface area contributed by atoms with Crippen molar-refractivity contribution in [2.24, 2.45) is 0 Å². The topological polar surface area (TPSA) is 52.9 Å². The van der Waals surface area contributed by atoms with E-state index < -0.39 is 11.7 Å². The van der Waals surface area contributed by atoms with Crippen LogP contribution >= 0.6 is 11.6 Å². The number of benzene rings is 2. The van der Waals surface area contributed by atoms with E-state index in [0.717, 1.165) is 6.07 Å². The second-order valence-corrected chi connectivity index (χ2v) is 4.24. The van der Waals surface area contributed by atoms with Gasteiger partial charge in [0.25, 0.3) is 5.91 Å². The van der Waals surface area contributed by atoms with Crippen LogP contribution in [0, 0.1) is 17.1 Å². The Balaban J connectivity index is 2.18. The minimum Gasteiger partial charge on any atom is -0.322 e. The van der Waals surface area contributed by atoms with Crippen LogP contribution < -0.4 is 5.32 Å². The molecule has 0 atom stereocenters. The van der Waals surface area contributed by atoms with Crippen LogP contribution in [-0.4, -0.2) is 5.91 Å². The summed E-state index contributed by atoms with van der Waals surface area (Å²) >= 11 is 5.69. The summed E-state index contributed by atoms with van der Waals surface area (Å²) < 4.78 is 13.1. The van der Waals surface area contributed by atoms with Crippen LogP contribution in [0.1, 0.15) is 15.9 Å². The van der Waals surface area contributed by atoms with Crippen molar-refractivity contribution in [3.8, 4) is 6.07 Å². The predicted molar refractivity (Wildman–Crippen MR) is 70.5 cm³/mol. The molecule has 2 rings (SSSR count). The predicted octanol–water partition coefficient (Wildman–Crippen LogP) is 3.60. The fraction of sp³-hybridized carbons (Fsp3) is 0. The highest BCUT2D eigenvalue weighted by atomic mass is 35.5. The first-order chi connectivity index (χ1) is 9.08. The van der Waals surface area contributed by atoms with Gasteiger partial charge in [-0.25, -0.2) is 4.39 Å². The van der Waals surface area contributed by atoms with Crippen LogP contribution in [0.3, 0.4) is 0 Å². The number of rotatable bonds is 2. The van der Waals surface area contributed by atoms with Gasteiger partial charge in [-0.3, -0.25) is 4.79 Å². The maximum Gasteiger partial charge on any atom is 0.255 e. The smallest absolute Gasteiger partial charge is 0.255 e. The number of nitriles is 1. The van der Waals surface area contributed by atoms with Crippen molar-refractivity contribution in [2.75, 3.05) is 5.32 Å². The molecule has 0 unspecified atom stereocenters. The molecule has 0 aliphatic rings. The van der Waals surface area contributed by atoms with Gasteiger partial charge in [0.2, 0.25) is 0 Å². The average Bonchev–Trinajstić information content (AvgIpc) is 2.37. The zero-order valence-electron chi connectivity index (χ0n) is 9.65. The van der Waals surface area contributed by atoms with Crippen molar-refractivity contribution in [1.82, 2.24) is 0 Å². The summed E-state index contributed by atoms with van der Waals surface area (Å²) in [5, 5.41) is 11.4. The van der Waals surface area contributed by atoms with Crippen molar-refractivity contribution >= 4 is 23.2 Å². The van der Waals surface area contributed by atoms with Gasteiger partial charge < -0.3 is 5.32 Å². The molecule has 0 saturated heterocycles. The van der Waals surface area contributed by atoms with E-state index in [1.54, 1.807) is 0 Å². The summed E-state index contributed by atoms with van der Waals surface area (Å²) in [7, 11) is 0. The van der Waals surface area contributed by atoms with Crippen LogP contribution in [0.25, 0.3) is 0 Å². The molecule has 1 N–H and O–H groups in total. The normalized spacial score (nSPS) is 9.74. The fourth-order valence-electron chi connectivity index (χ4n) is 1.53. The zero-order valence-corrected chi connectivity index (χ0v) is 10.4. The summed E-state index contributed by atoms with van der Waals surface area (Å²) in [5.41, 5.74) is 1.11. The Morgan fingerprint density at radius 3 is 2.47 bits per heavy atom. The van der Waals surface area contributed by atoms with Crippen LogP contribution in [0.4, 0.5) is 10.1 Å². The van der Waals surface area contributed by atoms with Gasteiger partial charge in [0.05, 0.1) is 11.6 Å². The molecule has 94 valence electrons. The molecular formula is C14H8ClFN2O. The molecule has 0 bridgehead atoms. The molecule has 2 aromatic rings. The van der Waals surface area contributed by atoms with Crippen LogP contribution in [-0.2, 0) is 0 Å². The summed E-state index contributed by atoms with van der Waals surface area (Å²) in [6.45, 7) is 0. The number of halogens is 2. The molecule has 0 aromatic heterocycles. The van der Waals surface area contributed by atoms with Crippen molar-refractivity contribution < 1.29 is 9.18 Å². The minimum atomic E-state index is -0.525. The van der Waals surface area contributed by atoms with Gasteiger partial charge in [-0.05, 0) is 42.5 Å². The van der Waals surface area contributed by atoms with Crippen molar-refractivity contribution in [3.63, 3.8) is 0 Å². The number of anilines is 1. The Morgan fingerprint density at radius 2 is 1.89 bits per heavy atom. The second kappa shape index (κ2) is 5.51. The highest BCUT2D eigenvalue weighted by Crippen LogP contribution is 2.18. The van der Waals surface area contributed by atoms with Crippen molar-refractivity contribution in [3.05, 3.63) is 64.4 Å². The standard InChI is InChI=1S/C14H8ClFN2O/c15-11-5-12(16)7-13(6-11)18-14(19)10-3-1-9(8-17)2-4-10/h1-7H,(H,18,19). The Labute approximate surface area is 114 Å². The number of nitrogens with zero attached hydrogens (tertiary/aromatic N) is 1. The van der Waals surface area contributed by atoms with E-state index in [2.05, 4.69) is 5.32 Å². The average molecular weight is 275 g/mol. The van der Waals surface area contributed by atoms with E-state index in [9.17, 15) is 9.18 Å². The zero-order chi connectivity index (χ0) is 13.8. The SMILES string of the molecule is N#Cc1ccc(C(=O)Nc2cc(F)cc(Cl)c2)cc1. The molecule has 5 heteroatoms. The van der Waals surface area contributed by atoms with Gasteiger partial charge in [0, 0.05) is 16.3 Å². The van der Waals surface area contributed by atoms with Gasteiger partial charge in [-0.2, -0.15) is 5.26 Å². The Kier molecular flexibility index (Phi) is 3.79. The fourth-order valence-corrected chi connectivity index (χ4v) is 1.75. The van der Waals surface area contributed by atoms with E-state index >= 15 is 0 Å². The summed E-state index contributed by atoms with van der Waals surface area (Å²) in [4.78, 5) is 11.9. The summed E-state index contributed by atoms with van der Waals surface area (Å²) in [5.74, 6) is -0.922. The van der Waals surface area contributed by atoms with Crippen molar-refractivity contribution in [1.29, 1.82) is 5.26 Å². The molecule has 0 spiro atoms. The van der Waals surface area contributed by atoms with Gasteiger partial charge >= 0.3 is 0 Å². The lowest BCUT2D eigenvalue weighted by atomic mass is 10.1. The largest absolute Gasteiger partial charge is 0.322 e. The first kappa shape index (κ1) is 13.1. The molecule has 0 aliphatic carbocycles. The summed E-state index contributed by atoms with van der Waals surface area (Å²) in [6, 6.07) is 11.9. The molecule has 19 heavy (non-hydrogen) atoms. The number of hydrogen-bond donors (Lipinski definition) is 1. The Bertz CT molecular complexity index is 642. The third-order valence-corrected chi connectivity index (χ3v) is 2.61. The van der Waals surface area contributed by atoms with E-state index in [1.165, 1.54) is 36.4 Å². The maximum absolute atomic E-state index is 13.1. The van der Waals surface area contributed by atoms with E-state index in [-0.39, 0.29) is 10.7 Å². The molecule has 0 heterocycles. The highest BCUT2D eigenvalue weighted by Gasteiger charge is 2.07. The lowest BCUT2D eigenvalue weighted by molar-refractivity contribution is 0.102. The Hall–Kier alpha value is -2.38. The second-order valence-electron chi connectivity index (χ2n) is 3.80. The lowest BCUT2D eigenvalue weighted by Gasteiger charge is -2.06. The van der Waals surface area contributed by atoms with Gasteiger partial charge in [-0.1, -0.05) is 11.6 Å². The molecular weight excluding hydrogens is 267 g/mol. The number of carbonyl (C=O) groups is 1. The van der Waals surface area contributed by atoms with Crippen LogP contribution in [0.2, 0.25) is 5.02 Å². The number of carbonyl (C=O) groups excluding carboxylic acids is 1.